The van der Waals surface area contributed by atoms with Gasteiger partial charge in [0.15, 0.2) is 0 Å². The standard InChI is InChI=1S/C10H13F2NO2/c1-6(14)9(13)7-3-2-4-8(5-7)15-10(11)12/h2-6,9-10,14H,13H2,1H3/t6?,9-/m1/s1. The van der Waals surface area contributed by atoms with Crippen molar-refractivity contribution in [3.63, 3.8) is 0 Å². The zero-order valence-corrected chi connectivity index (χ0v) is 8.23. The average Bonchev–Trinajstić information content (AvgIpc) is 2.16. The summed E-state index contributed by atoms with van der Waals surface area (Å²) in [6.45, 7) is -1.33. The van der Waals surface area contributed by atoms with Crippen molar-refractivity contribution in [1.29, 1.82) is 0 Å². The fourth-order valence-electron chi connectivity index (χ4n) is 1.18. The zero-order valence-electron chi connectivity index (χ0n) is 8.23. The van der Waals surface area contributed by atoms with Gasteiger partial charge in [0.1, 0.15) is 5.75 Å². The van der Waals surface area contributed by atoms with E-state index in [1.807, 2.05) is 0 Å². The third kappa shape index (κ3) is 3.45. The van der Waals surface area contributed by atoms with Crippen LogP contribution in [0.5, 0.6) is 5.75 Å². The molecule has 0 aromatic heterocycles. The SMILES string of the molecule is CC(O)[C@@H](N)c1cccc(OC(F)F)c1. The van der Waals surface area contributed by atoms with Crippen LogP contribution >= 0.6 is 0 Å². The van der Waals surface area contributed by atoms with Crippen molar-refractivity contribution in [1.82, 2.24) is 0 Å². The van der Waals surface area contributed by atoms with E-state index in [-0.39, 0.29) is 5.75 Å². The Hall–Kier alpha value is -1.20. The van der Waals surface area contributed by atoms with Gasteiger partial charge in [0.25, 0.3) is 0 Å². The highest BCUT2D eigenvalue weighted by Gasteiger charge is 2.13. The number of benzene rings is 1. The molecule has 1 aromatic carbocycles. The van der Waals surface area contributed by atoms with Crippen molar-refractivity contribution >= 4 is 0 Å². The van der Waals surface area contributed by atoms with Crippen molar-refractivity contribution < 1.29 is 18.6 Å². The molecule has 0 amide bonds. The smallest absolute Gasteiger partial charge is 0.387 e. The molecule has 1 aromatic rings. The summed E-state index contributed by atoms with van der Waals surface area (Å²) in [4.78, 5) is 0. The van der Waals surface area contributed by atoms with Crippen molar-refractivity contribution in [2.45, 2.75) is 25.7 Å². The molecule has 0 radical (unpaired) electrons. The molecular formula is C10H13F2NO2. The van der Waals surface area contributed by atoms with Gasteiger partial charge in [0.2, 0.25) is 0 Å². The third-order valence-corrected chi connectivity index (χ3v) is 1.99. The number of aliphatic hydroxyl groups is 1. The quantitative estimate of drug-likeness (QED) is 0.806. The Morgan fingerprint density at radius 2 is 2.07 bits per heavy atom. The Morgan fingerprint density at radius 3 is 2.60 bits per heavy atom. The summed E-state index contributed by atoms with van der Waals surface area (Å²) in [7, 11) is 0. The van der Waals surface area contributed by atoms with Crippen LogP contribution in [0.3, 0.4) is 0 Å². The van der Waals surface area contributed by atoms with E-state index in [2.05, 4.69) is 4.74 Å². The predicted octanol–water partition coefficient (Wildman–Crippen LogP) is 1.67. The van der Waals surface area contributed by atoms with Gasteiger partial charge in [-0.1, -0.05) is 12.1 Å². The molecule has 0 bridgehead atoms. The molecule has 3 N–H and O–H groups in total. The Labute approximate surface area is 86.5 Å². The molecule has 15 heavy (non-hydrogen) atoms. The Bertz CT molecular complexity index is 318. The van der Waals surface area contributed by atoms with E-state index in [9.17, 15) is 13.9 Å². The lowest BCUT2D eigenvalue weighted by Crippen LogP contribution is -2.23. The Morgan fingerprint density at radius 1 is 1.40 bits per heavy atom. The van der Waals surface area contributed by atoms with Crippen LogP contribution in [0.1, 0.15) is 18.5 Å². The van der Waals surface area contributed by atoms with E-state index >= 15 is 0 Å². The summed E-state index contributed by atoms with van der Waals surface area (Å²) < 4.78 is 28.0. The molecule has 1 rings (SSSR count). The maximum atomic E-state index is 11.9. The number of ether oxygens (including phenoxy) is 1. The van der Waals surface area contributed by atoms with Gasteiger partial charge in [-0.3, -0.25) is 0 Å². The minimum absolute atomic E-state index is 0.0404. The van der Waals surface area contributed by atoms with E-state index in [0.29, 0.717) is 5.56 Å². The molecule has 0 spiro atoms. The molecule has 0 saturated heterocycles. The van der Waals surface area contributed by atoms with Gasteiger partial charge in [-0.25, -0.2) is 0 Å². The molecule has 3 nitrogen and oxygen atoms in total. The normalized spacial score (nSPS) is 15.1. The monoisotopic (exact) mass is 217 g/mol. The molecular weight excluding hydrogens is 204 g/mol. The van der Waals surface area contributed by atoms with E-state index in [0.717, 1.165) is 0 Å². The van der Waals surface area contributed by atoms with Gasteiger partial charge < -0.3 is 15.6 Å². The van der Waals surface area contributed by atoms with Crippen LogP contribution in [0.4, 0.5) is 8.78 Å². The maximum absolute atomic E-state index is 11.9. The summed E-state index contributed by atoms with van der Waals surface area (Å²) in [6.07, 6.45) is -0.744. The van der Waals surface area contributed by atoms with Gasteiger partial charge in [-0.05, 0) is 24.6 Å². The number of alkyl halides is 2. The second-order valence-corrected chi connectivity index (χ2v) is 3.22. The van der Waals surface area contributed by atoms with Crippen molar-refractivity contribution in [3.8, 4) is 5.75 Å². The first kappa shape index (κ1) is 11.9. The van der Waals surface area contributed by atoms with E-state index in [1.165, 1.54) is 19.1 Å². The lowest BCUT2D eigenvalue weighted by atomic mass is 10.0. The van der Waals surface area contributed by atoms with E-state index < -0.39 is 18.8 Å². The Balaban J connectivity index is 2.82. The highest BCUT2D eigenvalue weighted by Crippen LogP contribution is 2.21. The summed E-state index contributed by atoms with van der Waals surface area (Å²) in [5.41, 5.74) is 6.20. The summed E-state index contributed by atoms with van der Waals surface area (Å²) >= 11 is 0. The number of hydrogen-bond donors (Lipinski definition) is 2. The highest BCUT2D eigenvalue weighted by molar-refractivity contribution is 5.30. The van der Waals surface area contributed by atoms with E-state index in [1.54, 1.807) is 12.1 Å². The zero-order chi connectivity index (χ0) is 11.4. The summed E-state index contributed by atoms with van der Waals surface area (Å²) in [5.74, 6) is 0.0404. The summed E-state index contributed by atoms with van der Waals surface area (Å²) in [6, 6.07) is 5.39. The van der Waals surface area contributed by atoms with Crippen LogP contribution in [0.2, 0.25) is 0 Å². The molecule has 0 aliphatic heterocycles. The van der Waals surface area contributed by atoms with Crippen LogP contribution in [0.25, 0.3) is 0 Å². The second-order valence-electron chi connectivity index (χ2n) is 3.22. The Kier molecular flexibility index (Phi) is 3.99. The molecule has 1 unspecified atom stereocenters. The predicted molar refractivity (Wildman–Crippen MR) is 51.7 cm³/mol. The van der Waals surface area contributed by atoms with Crippen LogP contribution < -0.4 is 10.5 Å². The van der Waals surface area contributed by atoms with Gasteiger partial charge >= 0.3 is 6.61 Å². The third-order valence-electron chi connectivity index (χ3n) is 1.99. The number of rotatable bonds is 4. The lowest BCUT2D eigenvalue weighted by Gasteiger charge is -2.15. The fourth-order valence-corrected chi connectivity index (χ4v) is 1.18. The fraction of sp³-hybridized carbons (Fsp3) is 0.400. The molecule has 5 heteroatoms. The van der Waals surface area contributed by atoms with Gasteiger partial charge in [0, 0.05) is 0 Å². The van der Waals surface area contributed by atoms with Gasteiger partial charge in [0.05, 0.1) is 12.1 Å². The number of hydrogen-bond acceptors (Lipinski definition) is 3. The van der Waals surface area contributed by atoms with Crippen molar-refractivity contribution in [2.24, 2.45) is 5.73 Å². The number of halogens is 2. The molecule has 0 aliphatic rings. The topological polar surface area (TPSA) is 55.5 Å². The summed E-state index contributed by atoms with van der Waals surface area (Å²) in [5, 5.41) is 9.23. The maximum Gasteiger partial charge on any atom is 0.387 e. The minimum Gasteiger partial charge on any atom is -0.435 e. The van der Waals surface area contributed by atoms with Crippen LogP contribution in [0.15, 0.2) is 24.3 Å². The molecule has 0 heterocycles. The molecule has 0 fully saturated rings. The number of nitrogens with two attached hydrogens (primary N) is 1. The van der Waals surface area contributed by atoms with E-state index in [4.69, 9.17) is 5.73 Å². The van der Waals surface area contributed by atoms with Gasteiger partial charge in [-0.2, -0.15) is 8.78 Å². The van der Waals surface area contributed by atoms with Crippen molar-refractivity contribution in [3.05, 3.63) is 29.8 Å². The second kappa shape index (κ2) is 5.04. The van der Waals surface area contributed by atoms with Crippen molar-refractivity contribution in [2.75, 3.05) is 0 Å². The molecule has 0 saturated carbocycles. The number of aliphatic hydroxyl groups excluding tert-OH is 1. The van der Waals surface area contributed by atoms with Crippen LogP contribution in [-0.2, 0) is 0 Å². The first-order valence-corrected chi connectivity index (χ1v) is 4.49. The van der Waals surface area contributed by atoms with Crippen LogP contribution in [-0.4, -0.2) is 17.8 Å². The first-order valence-electron chi connectivity index (χ1n) is 4.49. The minimum atomic E-state index is -2.86. The highest BCUT2D eigenvalue weighted by atomic mass is 19.3. The average molecular weight is 217 g/mol. The first-order chi connectivity index (χ1) is 7.00. The molecule has 0 aliphatic carbocycles. The lowest BCUT2D eigenvalue weighted by molar-refractivity contribution is -0.0499. The van der Waals surface area contributed by atoms with Crippen LogP contribution in [0, 0.1) is 0 Å². The largest absolute Gasteiger partial charge is 0.435 e. The van der Waals surface area contributed by atoms with Gasteiger partial charge in [-0.15, -0.1) is 0 Å². The molecule has 2 atom stereocenters. The molecule has 84 valence electrons.